The van der Waals surface area contributed by atoms with Crippen LogP contribution in [0.15, 0.2) is 15.9 Å². The van der Waals surface area contributed by atoms with E-state index in [-0.39, 0.29) is 0 Å². The number of aryl methyl sites for hydroxylation is 1. The molecule has 1 aromatic rings. The largest absolute Gasteiger partial charge is 0.133 e. The van der Waals surface area contributed by atoms with Crippen molar-refractivity contribution in [1.29, 1.82) is 0 Å². The first-order chi connectivity index (χ1) is 9.83. The van der Waals surface area contributed by atoms with Crippen molar-refractivity contribution in [3.63, 3.8) is 0 Å². The normalized spacial score (nSPS) is 11.1. The highest BCUT2D eigenvalue weighted by Gasteiger charge is 1.98. The number of unbranched alkanes of at least 4 members (excludes halogenated alkanes) is 11. The zero-order valence-corrected chi connectivity index (χ0v) is 15.5. The second-order valence-electron chi connectivity index (χ2n) is 5.84. The third kappa shape index (κ3) is 9.99. The van der Waals surface area contributed by atoms with Gasteiger partial charge in [0.1, 0.15) is 0 Å². The molecule has 0 N–H and O–H groups in total. The SMILES string of the molecule is CCCCCCCCCCCCCCc1ccc(Br)s1. The Morgan fingerprint density at radius 2 is 1.25 bits per heavy atom. The smallest absolute Gasteiger partial charge is 0.0701 e. The summed E-state index contributed by atoms with van der Waals surface area (Å²) in [6.07, 6.45) is 18.5. The van der Waals surface area contributed by atoms with Gasteiger partial charge in [0.2, 0.25) is 0 Å². The Morgan fingerprint density at radius 1 is 0.750 bits per heavy atom. The Kier molecular flexibility index (Phi) is 11.7. The molecular weight excluding hydrogens is 328 g/mol. The van der Waals surface area contributed by atoms with Crippen molar-refractivity contribution in [2.24, 2.45) is 0 Å². The minimum Gasteiger partial charge on any atom is -0.133 e. The molecule has 0 aliphatic carbocycles. The third-order valence-corrected chi connectivity index (χ3v) is 5.59. The number of hydrogen-bond acceptors (Lipinski definition) is 1. The van der Waals surface area contributed by atoms with E-state index in [0.717, 1.165) is 0 Å². The van der Waals surface area contributed by atoms with Crippen LogP contribution in [0.1, 0.15) is 88.9 Å². The van der Waals surface area contributed by atoms with Crippen molar-refractivity contribution in [3.8, 4) is 0 Å². The average Bonchev–Trinajstić information content (AvgIpc) is 2.86. The van der Waals surface area contributed by atoms with Crippen molar-refractivity contribution in [3.05, 3.63) is 20.8 Å². The van der Waals surface area contributed by atoms with E-state index in [4.69, 9.17) is 0 Å². The zero-order chi connectivity index (χ0) is 14.5. The van der Waals surface area contributed by atoms with E-state index in [1.807, 2.05) is 11.3 Å². The summed E-state index contributed by atoms with van der Waals surface area (Å²) in [6, 6.07) is 4.42. The van der Waals surface area contributed by atoms with Crippen LogP contribution in [0.2, 0.25) is 0 Å². The van der Waals surface area contributed by atoms with Crippen LogP contribution < -0.4 is 0 Å². The summed E-state index contributed by atoms with van der Waals surface area (Å²) < 4.78 is 1.27. The Hall–Kier alpha value is 0.180. The second-order valence-corrected chi connectivity index (χ2v) is 8.39. The maximum Gasteiger partial charge on any atom is 0.0701 e. The lowest BCUT2D eigenvalue weighted by Gasteiger charge is -2.02. The topological polar surface area (TPSA) is 0 Å². The molecule has 1 aromatic heterocycles. The van der Waals surface area contributed by atoms with Crippen LogP contribution >= 0.6 is 27.3 Å². The van der Waals surface area contributed by atoms with Gasteiger partial charge in [-0.3, -0.25) is 0 Å². The average molecular weight is 359 g/mol. The van der Waals surface area contributed by atoms with E-state index >= 15 is 0 Å². The summed E-state index contributed by atoms with van der Waals surface area (Å²) in [4.78, 5) is 1.53. The Morgan fingerprint density at radius 3 is 1.70 bits per heavy atom. The summed E-state index contributed by atoms with van der Waals surface area (Å²) in [5.41, 5.74) is 0. The van der Waals surface area contributed by atoms with Crippen molar-refractivity contribution in [1.82, 2.24) is 0 Å². The first-order valence-corrected chi connectivity index (χ1v) is 10.2. The Labute approximate surface area is 138 Å². The van der Waals surface area contributed by atoms with Gasteiger partial charge < -0.3 is 0 Å². The predicted molar refractivity (Wildman–Crippen MR) is 96.8 cm³/mol. The lowest BCUT2D eigenvalue weighted by atomic mass is 10.0. The van der Waals surface area contributed by atoms with Crippen molar-refractivity contribution in [2.75, 3.05) is 0 Å². The molecule has 116 valence electrons. The maximum absolute atomic E-state index is 3.53. The molecule has 1 heterocycles. The summed E-state index contributed by atoms with van der Waals surface area (Å²) >= 11 is 5.42. The van der Waals surface area contributed by atoms with Gasteiger partial charge in [0.15, 0.2) is 0 Å². The van der Waals surface area contributed by atoms with Gasteiger partial charge in [-0.1, -0.05) is 77.6 Å². The van der Waals surface area contributed by atoms with Gasteiger partial charge in [0, 0.05) is 4.88 Å². The van der Waals surface area contributed by atoms with E-state index in [1.54, 1.807) is 0 Å². The highest BCUT2D eigenvalue weighted by Crippen LogP contribution is 2.23. The number of rotatable bonds is 13. The molecule has 0 saturated heterocycles. The highest BCUT2D eigenvalue weighted by molar-refractivity contribution is 9.11. The van der Waals surface area contributed by atoms with Crippen LogP contribution in [0.4, 0.5) is 0 Å². The quantitative estimate of drug-likeness (QED) is 0.316. The number of halogens is 1. The summed E-state index contributed by atoms with van der Waals surface area (Å²) in [5, 5.41) is 0. The molecule has 0 bridgehead atoms. The molecule has 1 rings (SSSR count). The lowest BCUT2D eigenvalue weighted by molar-refractivity contribution is 0.544. The van der Waals surface area contributed by atoms with Crippen LogP contribution in [0.25, 0.3) is 0 Å². The molecule has 0 amide bonds. The van der Waals surface area contributed by atoms with Crippen LogP contribution in [-0.4, -0.2) is 0 Å². The molecule has 0 fully saturated rings. The van der Waals surface area contributed by atoms with E-state index in [1.165, 1.54) is 92.1 Å². The fourth-order valence-electron chi connectivity index (χ4n) is 2.63. The van der Waals surface area contributed by atoms with Crippen molar-refractivity contribution >= 4 is 27.3 Å². The molecule has 0 atom stereocenters. The number of thiophene rings is 1. The third-order valence-electron chi connectivity index (χ3n) is 3.91. The Balaban J connectivity index is 1.76. The van der Waals surface area contributed by atoms with Gasteiger partial charge in [-0.2, -0.15) is 0 Å². The van der Waals surface area contributed by atoms with Crippen LogP contribution in [0.5, 0.6) is 0 Å². The van der Waals surface area contributed by atoms with Crippen LogP contribution in [-0.2, 0) is 6.42 Å². The standard InChI is InChI=1S/C18H31BrS/c1-2-3-4-5-6-7-8-9-10-11-12-13-14-17-15-16-18(19)20-17/h15-16H,2-14H2,1H3. The molecule has 0 nitrogen and oxygen atoms in total. The molecule has 0 unspecified atom stereocenters. The molecule has 0 spiro atoms. The summed E-state index contributed by atoms with van der Waals surface area (Å²) in [7, 11) is 0. The molecule has 0 saturated carbocycles. The summed E-state index contributed by atoms with van der Waals surface area (Å²) in [6.45, 7) is 2.29. The van der Waals surface area contributed by atoms with Gasteiger partial charge in [0.05, 0.1) is 3.79 Å². The fourth-order valence-corrected chi connectivity index (χ4v) is 4.15. The van der Waals surface area contributed by atoms with E-state index in [0.29, 0.717) is 0 Å². The molecular formula is C18H31BrS. The Bertz CT molecular complexity index is 319. The summed E-state index contributed by atoms with van der Waals surface area (Å²) in [5.74, 6) is 0. The molecule has 0 aromatic carbocycles. The highest BCUT2D eigenvalue weighted by atomic mass is 79.9. The monoisotopic (exact) mass is 358 g/mol. The van der Waals surface area contributed by atoms with Gasteiger partial charge in [-0.15, -0.1) is 11.3 Å². The molecule has 20 heavy (non-hydrogen) atoms. The number of hydrogen-bond donors (Lipinski definition) is 0. The van der Waals surface area contributed by atoms with Gasteiger partial charge in [0.25, 0.3) is 0 Å². The fraction of sp³-hybridized carbons (Fsp3) is 0.778. The minimum atomic E-state index is 1.27. The van der Waals surface area contributed by atoms with Crippen LogP contribution in [0, 0.1) is 0 Å². The van der Waals surface area contributed by atoms with Gasteiger partial charge >= 0.3 is 0 Å². The van der Waals surface area contributed by atoms with Crippen LogP contribution in [0.3, 0.4) is 0 Å². The molecule has 2 heteroatoms. The van der Waals surface area contributed by atoms with E-state index in [2.05, 4.69) is 35.0 Å². The first kappa shape index (κ1) is 18.2. The van der Waals surface area contributed by atoms with Gasteiger partial charge in [-0.05, 0) is 40.9 Å². The van der Waals surface area contributed by atoms with Crippen molar-refractivity contribution in [2.45, 2.75) is 90.4 Å². The molecule has 0 aliphatic heterocycles. The maximum atomic E-state index is 3.53. The molecule has 0 aliphatic rings. The minimum absolute atomic E-state index is 1.27. The van der Waals surface area contributed by atoms with E-state index in [9.17, 15) is 0 Å². The lowest BCUT2D eigenvalue weighted by Crippen LogP contribution is -1.84. The predicted octanol–water partition coefficient (Wildman–Crippen LogP) is 7.75. The van der Waals surface area contributed by atoms with Crippen molar-refractivity contribution < 1.29 is 0 Å². The second kappa shape index (κ2) is 12.9. The van der Waals surface area contributed by atoms with Gasteiger partial charge in [-0.25, -0.2) is 0 Å². The zero-order valence-electron chi connectivity index (χ0n) is 13.1. The van der Waals surface area contributed by atoms with E-state index < -0.39 is 0 Å². The first-order valence-electron chi connectivity index (χ1n) is 8.57. The molecule has 0 radical (unpaired) electrons.